The number of nitrogens with zero attached hydrogens (tertiary/aromatic N) is 1. The molecule has 0 fully saturated rings. The molecule has 166 valence electrons. The van der Waals surface area contributed by atoms with Crippen LogP contribution in [0.15, 0.2) is 64.2 Å². The number of hydrogen-bond donors (Lipinski definition) is 0. The molecule has 6 nitrogen and oxygen atoms in total. The number of ether oxygens (including phenoxy) is 2. The highest BCUT2D eigenvalue weighted by Crippen LogP contribution is 2.23. The lowest BCUT2D eigenvalue weighted by molar-refractivity contribution is -0.147. The van der Waals surface area contributed by atoms with Crippen LogP contribution in [0.25, 0.3) is 11.1 Å². The third kappa shape index (κ3) is 8.12. The van der Waals surface area contributed by atoms with Crippen LogP contribution in [0.2, 0.25) is 0 Å². The van der Waals surface area contributed by atoms with Crippen molar-refractivity contribution in [2.24, 2.45) is 0 Å². The first kappa shape index (κ1) is 23.5. The second kappa shape index (κ2) is 12.6. The summed E-state index contributed by atoms with van der Waals surface area (Å²) >= 11 is 1.18. The fourth-order valence-electron chi connectivity index (χ4n) is 2.85. The first-order chi connectivity index (χ1) is 15.1. The molecule has 1 aromatic heterocycles. The minimum absolute atomic E-state index is 0.0591. The van der Waals surface area contributed by atoms with Gasteiger partial charge in [0.1, 0.15) is 17.4 Å². The number of carbonyl (C=O) groups excluding carboxylic acids is 1. The molecule has 0 radical (unpaired) electrons. The second-order valence-electron chi connectivity index (χ2n) is 7.01. The summed E-state index contributed by atoms with van der Waals surface area (Å²) < 4.78 is 29.3. The Hall–Kier alpha value is -2.16. The van der Waals surface area contributed by atoms with Crippen LogP contribution < -0.4 is 0 Å². The van der Waals surface area contributed by atoms with Crippen LogP contribution in [0.4, 0.5) is 0 Å². The number of para-hydroxylation sites is 2. The van der Waals surface area contributed by atoms with Gasteiger partial charge in [-0.15, -0.1) is 0 Å². The van der Waals surface area contributed by atoms with Gasteiger partial charge in [0.2, 0.25) is 0 Å². The molecule has 0 aliphatic carbocycles. The van der Waals surface area contributed by atoms with Gasteiger partial charge in [-0.1, -0.05) is 67.6 Å². The topological polar surface area (TPSA) is 78.6 Å². The Morgan fingerprint density at radius 3 is 2.71 bits per heavy atom. The standard InChI is InChI=1S/C23H27NO5S2/c1-2-3-13-31(26)17-19(15-27-14-18-9-5-4-6-10-18)28-22(25)16-30-23-24-20-11-7-8-12-21(20)29-23/h4-12,19H,2-3,13-17H2,1H3. The summed E-state index contributed by atoms with van der Waals surface area (Å²) in [6.07, 6.45) is 1.30. The van der Waals surface area contributed by atoms with Gasteiger partial charge in [-0.2, -0.15) is 0 Å². The Morgan fingerprint density at radius 1 is 1.16 bits per heavy atom. The number of fused-ring (bicyclic) bond motifs is 1. The van der Waals surface area contributed by atoms with E-state index in [0.29, 0.717) is 23.2 Å². The lowest BCUT2D eigenvalue weighted by Gasteiger charge is -2.18. The van der Waals surface area contributed by atoms with Gasteiger partial charge in [0.15, 0.2) is 5.58 Å². The van der Waals surface area contributed by atoms with E-state index in [0.717, 1.165) is 23.9 Å². The maximum absolute atomic E-state index is 12.4. The maximum atomic E-state index is 12.4. The van der Waals surface area contributed by atoms with E-state index in [4.69, 9.17) is 13.9 Å². The molecule has 0 saturated heterocycles. The van der Waals surface area contributed by atoms with E-state index in [1.165, 1.54) is 11.8 Å². The van der Waals surface area contributed by atoms with E-state index >= 15 is 0 Å². The third-order valence-electron chi connectivity index (χ3n) is 4.40. The molecule has 0 amide bonds. The van der Waals surface area contributed by atoms with E-state index in [1.807, 2.05) is 54.6 Å². The number of aromatic nitrogens is 1. The van der Waals surface area contributed by atoms with Crippen LogP contribution in [0, 0.1) is 0 Å². The number of esters is 1. The monoisotopic (exact) mass is 461 g/mol. The molecule has 0 spiro atoms. The lowest BCUT2D eigenvalue weighted by Crippen LogP contribution is -2.30. The van der Waals surface area contributed by atoms with Crippen molar-refractivity contribution in [2.45, 2.75) is 37.7 Å². The highest BCUT2D eigenvalue weighted by Gasteiger charge is 2.19. The minimum Gasteiger partial charge on any atom is -0.458 e. The fourth-order valence-corrected chi connectivity index (χ4v) is 4.83. The number of thioether (sulfide) groups is 1. The molecule has 2 unspecified atom stereocenters. The molecule has 0 bridgehead atoms. The van der Waals surface area contributed by atoms with Gasteiger partial charge < -0.3 is 13.9 Å². The Morgan fingerprint density at radius 2 is 1.94 bits per heavy atom. The van der Waals surface area contributed by atoms with Crippen molar-refractivity contribution in [3.63, 3.8) is 0 Å². The van der Waals surface area contributed by atoms with E-state index in [-0.39, 0.29) is 18.1 Å². The van der Waals surface area contributed by atoms with Crippen LogP contribution >= 0.6 is 11.8 Å². The summed E-state index contributed by atoms with van der Waals surface area (Å²) in [6, 6.07) is 17.2. The molecular formula is C23H27NO5S2. The number of oxazole rings is 1. The molecular weight excluding hydrogens is 434 g/mol. The predicted molar refractivity (Wildman–Crippen MR) is 123 cm³/mol. The van der Waals surface area contributed by atoms with Crippen molar-refractivity contribution in [3.8, 4) is 0 Å². The summed E-state index contributed by atoms with van der Waals surface area (Å²) in [5.41, 5.74) is 2.46. The number of rotatable bonds is 13. The van der Waals surface area contributed by atoms with Crippen molar-refractivity contribution in [1.82, 2.24) is 4.98 Å². The van der Waals surface area contributed by atoms with Gasteiger partial charge in [-0.05, 0) is 24.1 Å². The fraction of sp³-hybridized carbons (Fsp3) is 0.391. The lowest BCUT2D eigenvalue weighted by atomic mass is 10.2. The number of carbonyl (C=O) groups is 1. The molecule has 3 rings (SSSR count). The summed E-state index contributed by atoms with van der Waals surface area (Å²) in [4.78, 5) is 16.7. The predicted octanol–water partition coefficient (Wildman–Crippen LogP) is 4.60. The summed E-state index contributed by atoms with van der Waals surface area (Å²) in [5, 5.41) is 0.418. The molecule has 0 aliphatic heterocycles. The molecule has 0 aliphatic rings. The quantitative estimate of drug-likeness (QED) is 0.272. The highest BCUT2D eigenvalue weighted by molar-refractivity contribution is 7.99. The Balaban J connectivity index is 1.51. The van der Waals surface area contributed by atoms with E-state index in [2.05, 4.69) is 11.9 Å². The molecule has 2 aromatic carbocycles. The Bertz CT molecular complexity index is 943. The van der Waals surface area contributed by atoms with Gasteiger partial charge in [0.05, 0.1) is 19.0 Å². The third-order valence-corrected chi connectivity index (χ3v) is 6.69. The van der Waals surface area contributed by atoms with E-state index in [1.54, 1.807) is 0 Å². The van der Waals surface area contributed by atoms with Gasteiger partial charge in [-0.25, -0.2) is 4.98 Å². The molecule has 1 heterocycles. The SMILES string of the molecule is CCCCS(=O)CC(COCc1ccccc1)OC(=O)CSc1nc2ccccc2o1. The Kier molecular flexibility index (Phi) is 9.58. The molecule has 0 saturated carbocycles. The zero-order valence-electron chi connectivity index (χ0n) is 17.5. The number of hydrogen-bond acceptors (Lipinski definition) is 7. The molecule has 2 atom stereocenters. The molecule has 31 heavy (non-hydrogen) atoms. The van der Waals surface area contributed by atoms with E-state index in [9.17, 15) is 9.00 Å². The molecule has 3 aromatic rings. The normalized spacial score (nSPS) is 13.2. The smallest absolute Gasteiger partial charge is 0.316 e. The van der Waals surface area contributed by atoms with Crippen molar-refractivity contribution < 1.29 is 22.9 Å². The molecule has 8 heteroatoms. The van der Waals surface area contributed by atoms with Crippen LogP contribution in [-0.2, 0) is 31.7 Å². The average Bonchev–Trinajstić information content (AvgIpc) is 3.20. The second-order valence-corrected chi connectivity index (χ2v) is 9.56. The van der Waals surface area contributed by atoms with Gasteiger partial charge in [0, 0.05) is 16.6 Å². The highest BCUT2D eigenvalue weighted by atomic mass is 32.2. The van der Waals surface area contributed by atoms with E-state index < -0.39 is 22.9 Å². The van der Waals surface area contributed by atoms with Gasteiger partial charge in [-0.3, -0.25) is 9.00 Å². The average molecular weight is 462 g/mol. The van der Waals surface area contributed by atoms with Crippen LogP contribution in [-0.4, -0.2) is 45.1 Å². The molecule has 0 N–H and O–H groups in total. The van der Waals surface area contributed by atoms with Crippen molar-refractivity contribution in [2.75, 3.05) is 23.9 Å². The van der Waals surface area contributed by atoms with Crippen molar-refractivity contribution in [1.29, 1.82) is 0 Å². The maximum Gasteiger partial charge on any atom is 0.316 e. The van der Waals surface area contributed by atoms with Crippen LogP contribution in [0.3, 0.4) is 0 Å². The number of benzene rings is 2. The van der Waals surface area contributed by atoms with Crippen LogP contribution in [0.1, 0.15) is 25.3 Å². The van der Waals surface area contributed by atoms with Gasteiger partial charge >= 0.3 is 5.97 Å². The number of unbranched alkanes of at least 4 members (excludes halogenated alkanes) is 1. The van der Waals surface area contributed by atoms with Crippen molar-refractivity contribution >= 4 is 39.6 Å². The first-order valence-electron chi connectivity index (χ1n) is 10.3. The summed E-state index contributed by atoms with van der Waals surface area (Å²) in [7, 11) is -1.06. The first-order valence-corrected chi connectivity index (χ1v) is 12.8. The Labute approximate surface area is 189 Å². The van der Waals surface area contributed by atoms with Crippen LogP contribution in [0.5, 0.6) is 0 Å². The summed E-state index contributed by atoms with van der Waals surface area (Å²) in [5.74, 6) is 0.520. The minimum atomic E-state index is -1.06. The van der Waals surface area contributed by atoms with Gasteiger partial charge in [0.25, 0.3) is 5.22 Å². The zero-order chi connectivity index (χ0) is 21.9. The zero-order valence-corrected chi connectivity index (χ0v) is 19.2. The summed E-state index contributed by atoms with van der Waals surface area (Å²) in [6.45, 7) is 2.67. The largest absolute Gasteiger partial charge is 0.458 e. The van der Waals surface area contributed by atoms with Crippen molar-refractivity contribution in [3.05, 3.63) is 60.2 Å².